The molecule has 3 aromatic rings. The molecule has 0 aliphatic carbocycles. The van der Waals surface area contributed by atoms with Crippen molar-refractivity contribution in [1.29, 1.82) is 0 Å². The van der Waals surface area contributed by atoms with Crippen molar-refractivity contribution in [2.45, 2.75) is 20.8 Å². The Labute approximate surface area is 211 Å². The summed E-state index contributed by atoms with van der Waals surface area (Å²) in [6.07, 6.45) is 1.75. The summed E-state index contributed by atoms with van der Waals surface area (Å²) in [5, 5.41) is 8.25. The fourth-order valence-electron chi connectivity index (χ4n) is 3.68. The number of nitrogens with zero attached hydrogens (tertiary/aromatic N) is 6. The lowest BCUT2D eigenvalue weighted by Crippen LogP contribution is -2.36. The van der Waals surface area contributed by atoms with Crippen LogP contribution in [-0.4, -0.2) is 60.6 Å². The Bertz CT molecular complexity index is 1140. The Kier molecular flexibility index (Phi) is 8.33. The van der Waals surface area contributed by atoms with Crippen LogP contribution in [0, 0.1) is 6.92 Å². The van der Waals surface area contributed by atoms with E-state index < -0.39 is 0 Å². The van der Waals surface area contributed by atoms with Crippen LogP contribution in [0.2, 0.25) is 5.02 Å². The molecule has 1 aliphatic heterocycles. The summed E-state index contributed by atoms with van der Waals surface area (Å²) < 4.78 is 5.43. The highest BCUT2D eigenvalue weighted by molar-refractivity contribution is 6.31. The first-order valence-electron chi connectivity index (χ1n) is 11.8. The highest BCUT2D eigenvalue weighted by Crippen LogP contribution is 2.23. The Morgan fingerprint density at radius 2 is 1.74 bits per heavy atom. The van der Waals surface area contributed by atoms with Crippen molar-refractivity contribution in [2.75, 3.05) is 59.9 Å². The van der Waals surface area contributed by atoms with Gasteiger partial charge in [-0.2, -0.15) is 20.1 Å². The third kappa shape index (κ3) is 6.58. The van der Waals surface area contributed by atoms with Crippen molar-refractivity contribution in [1.82, 2.24) is 15.0 Å². The summed E-state index contributed by atoms with van der Waals surface area (Å²) >= 11 is 6.28. The largest absolute Gasteiger partial charge is 0.378 e. The van der Waals surface area contributed by atoms with Gasteiger partial charge < -0.3 is 19.9 Å². The van der Waals surface area contributed by atoms with Gasteiger partial charge in [-0.15, -0.1) is 0 Å². The topological polar surface area (TPSA) is 90.8 Å². The Balaban J connectivity index is 1.49. The van der Waals surface area contributed by atoms with Crippen molar-refractivity contribution in [3.8, 4) is 0 Å². The molecule has 1 saturated heterocycles. The van der Waals surface area contributed by atoms with E-state index in [0.29, 0.717) is 22.9 Å². The molecule has 10 heteroatoms. The van der Waals surface area contributed by atoms with Crippen LogP contribution in [-0.2, 0) is 4.74 Å². The molecule has 0 saturated carbocycles. The normalized spacial score (nSPS) is 13.8. The van der Waals surface area contributed by atoms with E-state index >= 15 is 0 Å². The quantitative estimate of drug-likeness (QED) is 0.326. The molecule has 4 rings (SSSR count). The van der Waals surface area contributed by atoms with E-state index in [1.807, 2.05) is 42.2 Å². The number of hydrogen-bond donors (Lipinski definition) is 2. The number of morpholine rings is 1. The van der Waals surface area contributed by atoms with Crippen molar-refractivity contribution >= 4 is 47.0 Å². The first kappa shape index (κ1) is 24.7. The molecule has 1 aromatic heterocycles. The second kappa shape index (κ2) is 11.8. The number of ether oxygens (including phenoxy) is 1. The Morgan fingerprint density at radius 1 is 1.03 bits per heavy atom. The third-order valence-electron chi connectivity index (χ3n) is 5.75. The number of hydrazone groups is 1. The van der Waals surface area contributed by atoms with Crippen molar-refractivity contribution in [2.24, 2.45) is 5.10 Å². The van der Waals surface area contributed by atoms with Crippen LogP contribution in [0.25, 0.3) is 0 Å². The van der Waals surface area contributed by atoms with E-state index in [0.717, 1.165) is 56.2 Å². The molecule has 2 heterocycles. The number of nitrogens with one attached hydrogen (secondary N) is 2. The van der Waals surface area contributed by atoms with Crippen LogP contribution in [0.1, 0.15) is 25.0 Å². The van der Waals surface area contributed by atoms with Gasteiger partial charge in [0.05, 0.1) is 19.4 Å². The molecule has 0 radical (unpaired) electrons. The van der Waals surface area contributed by atoms with Gasteiger partial charge in [0.25, 0.3) is 0 Å². The fraction of sp³-hybridized carbons (Fsp3) is 0.360. The number of hydrogen-bond acceptors (Lipinski definition) is 9. The summed E-state index contributed by atoms with van der Waals surface area (Å²) in [6, 6.07) is 14.0. The number of benzene rings is 2. The molecule has 2 aromatic carbocycles. The summed E-state index contributed by atoms with van der Waals surface area (Å²) in [6.45, 7) is 11.0. The molecular weight excluding hydrogens is 464 g/mol. The molecule has 2 N–H and O–H groups in total. The summed E-state index contributed by atoms with van der Waals surface area (Å²) in [5.41, 5.74) is 6.91. The number of halogens is 1. The maximum atomic E-state index is 6.28. The molecule has 0 amide bonds. The van der Waals surface area contributed by atoms with Gasteiger partial charge in [0.1, 0.15) is 0 Å². The van der Waals surface area contributed by atoms with Gasteiger partial charge in [-0.25, -0.2) is 5.43 Å². The molecule has 1 aliphatic rings. The zero-order valence-electron chi connectivity index (χ0n) is 20.3. The zero-order chi connectivity index (χ0) is 24.6. The predicted molar refractivity (Wildman–Crippen MR) is 144 cm³/mol. The number of anilines is 5. The second-order valence-corrected chi connectivity index (χ2v) is 8.51. The molecular formula is C25H31ClN8O. The standard InChI is InChI=1S/C25H31ClN8O/c1-4-33(5-2)25-30-23(28-20-9-6-18(3)22(26)16-20)29-24(31-25)32-27-17-19-7-10-21(11-8-19)34-12-14-35-15-13-34/h6-11,16-17H,4-5,12-15H2,1-3H3,(H2,28,29,30,31,32)/b27-17+. The van der Waals surface area contributed by atoms with Gasteiger partial charge in [-0.1, -0.05) is 29.8 Å². The monoisotopic (exact) mass is 494 g/mol. The van der Waals surface area contributed by atoms with Gasteiger partial charge >= 0.3 is 0 Å². The SMILES string of the molecule is CCN(CC)c1nc(N/N=C/c2ccc(N3CCOCC3)cc2)nc(Nc2ccc(C)c(Cl)c2)n1. The molecule has 0 atom stereocenters. The molecule has 0 spiro atoms. The van der Waals surface area contributed by atoms with Crippen LogP contribution in [0.15, 0.2) is 47.6 Å². The average molecular weight is 495 g/mol. The number of rotatable bonds is 9. The number of aromatic nitrogens is 3. The molecule has 35 heavy (non-hydrogen) atoms. The van der Waals surface area contributed by atoms with Crippen LogP contribution < -0.4 is 20.5 Å². The van der Waals surface area contributed by atoms with E-state index in [2.05, 4.69) is 61.7 Å². The van der Waals surface area contributed by atoms with Crippen LogP contribution in [0.5, 0.6) is 0 Å². The van der Waals surface area contributed by atoms with Gasteiger partial charge in [0, 0.05) is 42.6 Å². The molecule has 9 nitrogen and oxygen atoms in total. The average Bonchev–Trinajstić information content (AvgIpc) is 2.88. The van der Waals surface area contributed by atoms with Crippen molar-refractivity contribution in [3.63, 3.8) is 0 Å². The molecule has 184 valence electrons. The fourth-order valence-corrected chi connectivity index (χ4v) is 3.86. The smallest absolute Gasteiger partial charge is 0.250 e. The van der Waals surface area contributed by atoms with Crippen molar-refractivity contribution < 1.29 is 4.74 Å². The zero-order valence-corrected chi connectivity index (χ0v) is 21.1. The van der Waals surface area contributed by atoms with Crippen LogP contribution in [0.3, 0.4) is 0 Å². The van der Waals surface area contributed by atoms with E-state index in [9.17, 15) is 0 Å². The maximum absolute atomic E-state index is 6.28. The lowest BCUT2D eigenvalue weighted by Gasteiger charge is -2.28. The van der Waals surface area contributed by atoms with E-state index in [4.69, 9.17) is 16.3 Å². The van der Waals surface area contributed by atoms with Crippen LogP contribution >= 0.6 is 11.6 Å². The first-order chi connectivity index (χ1) is 17.1. The lowest BCUT2D eigenvalue weighted by atomic mass is 10.2. The molecule has 0 unspecified atom stereocenters. The van der Waals surface area contributed by atoms with E-state index in [1.165, 1.54) is 5.69 Å². The Hall–Kier alpha value is -3.43. The summed E-state index contributed by atoms with van der Waals surface area (Å²) in [4.78, 5) is 18.0. The highest BCUT2D eigenvalue weighted by Gasteiger charge is 2.12. The Morgan fingerprint density at radius 3 is 2.43 bits per heavy atom. The maximum Gasteiger partial charge on any atom is 0.250 e. The first-order valence-corrected chi connectivity index (χ1v) is 12.2. The highest BCUT2D eigenvalue weighted by atomic mass is 35.5. The predicted octanol–water partition coefficient (Wildman–Crippen LogP) is 4.71. The summed E-state index contributed by atoms with van der Waals surface area (Å²) in [5.74, 6) is 1.33. The van der Waals surface area contributed by atoms with E-state index in [-0.39, 0.29) is 0 Å². The minimum absolute atomic E-state index is 0.351. The lowest BCUT2D eigenvalue weighted by molar-refractivity contribution is 0.122. The second-order valence-electron chi connectivity index (χ2n) is 8.10. The number of aryl methyl sites for hydroxylation is 1. The third-order valence-corrected chi connectivity index (χ3v) is 6.15. The van der Waals surface area contributed by atoms with Gasteiger partial charge in [-0.05, 0) is 56.2 Å². The minimum Gasteiger partial charge on any atom is -0.378 e. The van der Waals surface area contributed by atoms with Gasteiger partial charge in [-0.3, -0.25) is 0 Å². The van der Waals surface area contributed by atoms with Crippen LogP contribution in [0.4, 0.5) is 29.2 Å². The summed E-state index contributed by atoms with van der Waals surface area (Å²) in [7, 11) is 0. The van der Waals surface area contributed by atoms with Gasteiger partial charge in [0.2, 0.25) is 17.8 Å². The molecule has 0 bridgehead atoms. The minimum atomic E-state index is 0.351. The molecule has 1 fully saturated rings. The van der Waals surface area contributed by atoms with E-state index in [1.54, 1.807) is 6.21 Å². The van der Waals surface area contributed by atoms with Crippen molar-refractivity contribution in [3.05, 3.63) is 58.6 Å². The van der Waals surface area contributed by atoms with Gasteiger partial charge in [0.15, 0.2) is 0 Å².